The molecule has 0 radical (unpaired) electrons. The minimum Gasteiger partial charge on any atom is -0.305 e. The predicted octanol–water partition coefficient (Wildman–Crippen LogP) is 3.78. The van der Waals surface area contributed by atoms with Crippen LogP contribution in [0.1, 0.15) is 42.3 Å². The highest BCUT2D eigenvalue weighted by atomic mass is 35.5. The number of aromatic nitrogens is 2. The highest BCUT2D eigenvalue weighted by Crippen LogP contribution is 2.45. The lowest BCUT2D eigenvalue weighted by Gasteiger charge is -2.28. The van der Waals surface area contributed by atoms with E-state index in [0.717, 1.165) is 23.7 Å². The van der Waals surface area contributed by atoms with E-state index in [1.165, 1.54) is 16.7 Å². The number of hydrogen-bond donors (Lipinski definition) is 2. The smallest absolute Gasteiger partial charge is 0.0535 e. The molecule has 0 fully saturated rings. The Labute approximate surface area is 124 Å². The first-order valence-electron chi connectivity index (χ1n) is 6.98. The second kappa shape index (κ2) is 4.90. The normalized spacial score (nSPS) is 20.1. The fraction of sp³-hybridized carbons (Fsp3) is 0.438. The van der Waals surface area contributed by atoms with Gasteiger partial charge < -0.3 is 5.32 Å². The van der Waals surface area contributed by atoms with Crippen molar-refractivity contribution in [3.8, 4) is 0 Å². The van der Waals surface area contributed by atoms with E-state index in [2.05, 4.69) is 48.4 Å². The Bertz CT molecular complexity index is 630. The molecular formula is C16H20ClN3. The topological polar surface area (TPSA) is 40.7 Å². The maximum absolute atomic E-state index is 6.16. The molecule has 1 aliphatic rings. The first-order valence-corrected chi connectivity index (χ1v) is 7.36. The molecule has 0 amide bonds. The van der Waals surface area contributed by atoms with Gasteiger partial charge >= 0.3 is 0 Å². The number of nitrogens with zero attached hydrogens (tertiary/aromatic N) is 1. The molecule has 20 heavy (non-hydrogen) atoms. The summed E-state index contributed by atoms with van der Waals surface area (Å²) in [4.78, 5) is 0. The second-order valence-electron chi connectivity index (χ2n) is 6.34. The molecule has 1 atom stereocenters. The maximum Gasteiger partial charge on any atom is 0.0535 e. The van der Waals surface area contributed by atoms with Gasteiger partial charge in [0, 0.05) is 28.9 Å². The van der Waals surface area contributed by atoms with Crippen LogP contribution in [0.3, 0.4) is 0 Å². The summed E-state index contributed by atoms with van der Waals surface area (Å²) in [6.45, 7) is 7.48. The summed E-state index contributed by atoms with van der Waals surface area (Å²) < 4.78 is 0. The highest BCUT2D eigenvalue weighted by Gasteiger charge is 2.38. The summed E-state index contributed by atoms with van der Waals surface area (Å²) in [6.07, 6.45) is 2.98. The molecule has 3 rings (SSSR count). The van der Waals surface area contributed by atoms with Crippen LogP contribution in [-0.4, -0.2) is 10.2 Å². The average Bonchev–Trinajstić information content (AvgIpc) is 2.88. The summed E-state index contributed by atoms with van der Waals surface area (Å²) in [5.41, 5.74) is 5.28. The van der Waals surface area contributed by atoms with Crippen LogP contribution < -0.4 is 5.32 Å². The molecule has 0 bridgehead atoms. The third kappa shape index (κ3) is 2.36. The molecule has 2 N–H and O–H groups in total. The number of aromatic amines is 1. The van der Waals surface area contributed by atoms with Crippen molar-refractivity contribution in [2.45, 2.75) is 39.8 Å². The zero-order valence-corrected chi connectivity index (χ0v) is 12.9. The first-order chi connectivity index (χ1) is 9.47. The minimum absolute atomic E-state index is 0.199. The van der Waals surface area contributed by atoms with E-state index in [0.29, 0.717) is 6.04 Å². The molecule has 0 saturated heterocycles. The molecular weight excluding hydrogens is 270 g/mol. The number of aryl methyl sites for hydroxylation is 1. The van der Waals surface area contributed by atoms with Gasteiger partial charge in [0.1, 0.15) is 0 Å². The largest absolute Gasteiger partial charge is 0.305 e. The van der Waals surface area contributed by atoms with Crippen molar-refractivity contribution in [3.05, 3.63) is 51.8 Å². The number of benzene rings is 1. The van der Waals surface area contributed by atoms with Crippen LogP contribution in [0.25, 0.3) is 0 Å². The summed E-state index contributed by atoms with van der Waals surface area (Å²) in [7, 11) is 0. The van der Waals surface area contributed by atoms with E-state index in [-0.39, 0.29) is 5.41 Å². The van der Waals surface area contributed by atoms with Crippen molar-refractivity contribution in [1.29, 1.82) is 0 Å². The SMILES string of the molecule is Cc1[nH]ncc1CNC1c2cc(Cl)ccc2CC1(C)C. The van der Waals surface area contributed by atoms with Crippen molar-refractivity contribution in [2.24, 2.45) is 5.41 Å². The molecule has 0 spiro atoms. The van der Waals surface area contributed by atoms with Crippen LogP contribution in [-0.2, 0) is 13.0 Å². The number of nitrogens with one attached hydrogen (secondary N) is 2. The third-order valence-corrected chi connectivity index (χ3v) is 4.51. The Hall–Kier alpha value is -1.32. The van der Waals surface area contributed by atoms with Crippen molar-refractivity contribution < 1.29 is 0 Å². The zero-order chi connectivity index (χ0) is 14.3. The van der Waals surface area contributed by atoms with E-state index in [4.69, 9.17) is 11.6 Å². The molecule has 2 aromatic rings. The number of fused-ring (bicyclic) bond motifs is 1. The minimum atomic E-state index is 0.199. The molecule has 0 saturated carbocycles. The van der Waals surface area contributed by atoms with Crippen LogP contribution >= 0.6 is 11.6 Å². The van der Waals surface area contributed by atoms with E-state index in [1.807, 2.05) is 12.3 Å². The van der Waals surface area contributed by atoms with Crippen molar-refractivity contribution in [3.63, 3.8) is 0 Å². The van der Waals surface area contributed by atoms with Gasteiger partial charge in [0.05, 0.1) is 6.20 Å². The second-order valence-corrected chi connectivity index (χ2v) is 6.78. The summed E-state index contributed by atoms with van der Waals surface area (Å²) >= 11 is 6.16. The lowest BCUT2D eigenvalue weighted by atomic mass is 9.85. The monoisotopic (exact) mass is 289 g/mol. The fourth-order valence-corrected chi connectivity index (χ4v) is 3.34. The maximum atomic E-state index is 6.16. The van der Waals surface area contributed by atoms with Crippen molar-refractivity contribution in [2.75, 3.05) is 0 Å². The van der Waals surface area contributed by atoms with Crippen molar-refractivity contribution in [1.82, 2.24) is 15.5 Å². The molecule has 1 heterocycles. The molecule has 0 aliphatic heterocycles. The van der Waals surface area contributed by atoms with E-state index in [1.54, 1.807) is 0 Å². The summed E-state index contributed by atoms with van der Waals surface area (Å²) in [5, 5.41) is 11.6. The van der Waals surface area contributed by atoms with E-state index < -0.39 is 0 Å². The number of halogens is 1. The van der Waals surface area contributed by atoms with Crippen LogP contribution in [0.2, 0.25) is 5.02 Å². The molecule has 3 nitrogen and oxygen atoms in total. The number of H-pyrrole nitrogens is 1. The summed E-state index contributed by atoms with van der Waals surface area (Å²) in [5.74, 6) is 0. The molecule has 106 valence electrons. The van der Waals surface area contributed by atoms with Gasteiger partial charge in [-0.1, -0.05) is 31.5 Å². The van der Waals surface area contributed by atoms with Gasteiger partial charge in [0.2, 0.25) is 0 Å². The summed E-state index contributed by atoms with van der Waals surface area (Å²) in [6, 6.07) is 6.57. The third-order valence-electron chi connectivity index (χ3n) is 4.28. The van der Waals surface area contributed by atoms with Gasteiger partial charge in [0.25, 0.3) is 0 Å². The average molecular weight is 290 g/mol. The lowest BCUT2D eigenvalue weighted by molar-refractivity contribution is 0.268. The molecule has 1 aromatic heterocycles. The zero-order valence-electron chi connectivity index (χ0n) is 12.1. The Morgan fingerprint density at radius 1 is 1.45 bits per heavy atom. The van der Waals surface area contributed by atoms with E-state index >= 15 is 0 Å². The standard InChI is InChI=1S/C16H20ClN3/c1-10-12(9-19-20-10)8-18-15-14-6-13(17)5-4-11(14)7-16(15,2)3/h4-6,9,15,18H,7-8H2,1-3H3,(H,19,20). The Morgan fingerprint density at radius 2 is 2.25 bits per heavy atom. The number of hydrogen-bond acceptors (Lipinski definition) is 2. The van der Waals surface area contributed by atoms with Gasteiger partial charge in [-0.25, -0.2) is 0 Å². The van der Waals surface area contributed by atoms with Gasteiger partial charge in [-0.05, 0) is 42.0 Å². The van der Waals surface area contributed by atoms with Crippen molar-refractivity contribution >= 4 is 11.6 Å². The van der Waals surface area contributed by atoms with Crippen LogP contribution in [0.5, 0.6) is 0 Å². The Balaban J connectivity index is 1.85. The van der Waals surface area contributed by atoms with Gasteiger partial charge in [-0.15, -0.1) is 0 Å². The molecule has 1 aromatic carbocycles. The number of rotatable bonds is 3. The van der Waals surface area contributed by atoms with Crippen LogP contribution in [0, 0.1) is 12.3 Å². The lowest BCUT2D eigenvalue weighted by Crippen LogP contribution is -2.30. The van der Waals surface area contributed by atoms with Gasteiger partial charge in [-0.2, -0.15) is 5.10 Å². The quantitative estimate of drug-likeness (QED) is 0.903. The van der Waals surface area contributed by atoms with E-state index in [9.17, 15) is 0 Å². The van der Waals surface area contributed by atoms with Crippen LogP contribution in [0.4, 0.5) is 0 Å². The van der Waals surface area contributed by atoms with Gasteiger partial charge in [0.15, 0.2) is 0 Å². The fourth-order valence-electron chi connectivity index (χ4n) is 3.16. The highest BCUT2D eigenvalue weighted by molar-refractivity contribution is 6.30. The molecule has 1 aliphatic carbocycles. The molecule has 4 heteroatoms. The van der Waals surface area contributed by atoms with Gasteiger partial charge in [-0.3, -0.25) is 5.10 Å². The Morgan fingerprint density at radius 3 is 2.95 bits per heavy atom. The Kier molecular flexibility index (Phi) is 3.35. The first kappa shape index (κ1) is 13.7. The predicted molar refractivity (Wildman–Crippen MR) is 81.8 cm³/mol. The van der Waals surface area contributed by atoms with Crippen LogP contribution in [0.15, 0.2) is 24.4 Å². The molecule has 1 unspecified atom stereocenters.